The molecule has 0 aliphatic heterocycles. The van der Waals surface area contributed by atoms with Gasteiger partial charge in [-0.3, -0.25) is 4.99 Å². The maximum Gasteiger partial charge on any atom is 3.00 e. The molecule has 0 aliphatic carbocycles. The standard InChI is InChI=1S/C14H17N2Si.2CH3.Zr/c1-17(2,3)14-10-9-13(16-14)11-15-12-7-5-4-6-8-12;;;/h4-11H,1-3H3;2*1H3;/q3*-1;+3. The number of hydrogen-bond donors (Lipinski definition) is 0. The Bertz CT molecular complexity index is 513. The molecule has 0 aliphatic rings. The van der Waals surface area contributed by atoms with Crippen LogP contribution in [0, 0.1) is 14.9 Å². The maximum absolute atomic E-state index is 4.61. The van der Waals surface area contributed by atoms with Crippen molar-refractivity contribution >= 4 is 25.3 Å². The Morgan fingerprint density at radius 2 is 1.55 bits per heavy atom. The molecule has 1 heterocycles. The Balaban J connectivity index is 0. The summed E-state index contributed by atoms with van der Waals surface area (Å²) in [6.45, 7) is 6.90. The number of para-hydroxylation sites is 1. The number of rotatable bonds is 3. The number of benzene rings is 1. The molecule has 20 heavy (non-hydrogen) atoms. The minimum Gasteiger partial charge on any atom is -0.663 e. The fourth-order valence-electron chi connectivity index (χ4n) is 1.52. The molecule has 0 bridgehead atoms. The van der Waals surface area contributed by atoms with Crippen LogP contribution in [0.5, 0.6) is 0 Å². The second-order valence-electron chi connectivity index (χ2n) is 5.10. The van der Waals surface area contributed by atoms with E-state index < -0.39 is 8.07 Å². The zero-order valence-corrected chi connectivity index (χ0v) is 16.5. The van der Waals surface area contributed by atoms with Gasteiger partial charge < -0.3 is 19.8 Å². The first kappa shape index (κ1) is 21.6. The second-order valence-corrected chi connectivity index (χ2v) is 10.1. The number of hydrogen-bond acceptors (Lipinski definition) is 1. The smallest absolute Gasteiger partial charge is 0.663 e. The van der Waals surface area contributed by atoms with Gasteiger partial charge in [0.25, 0.3) is 0 Å². The average molecular weight is 363 g/mol. The van der Waals surface area contributed by atoms with Crippen LogP contribution in [0.1, 0.15) is 5.69 Å². The van der Waals surface area contributed by atoms with Crippen LogP contribution in [0.3, 0.4) is 0 Å². The van der Waals surface area contributed by atoms with Crippen molar-refractivity contribution in [2.45, 2.75) is 19.6 Å². The summed E-state index contributed by atoms with van der Waals surface area (Å²) >= 11 is 0. The van der Waals surface area contributed by atoms with E-state index >= 15 is 0 Å². The monoisotopic (exact) mass is 361 g/mol. The Kier molecular flexibility index (Phi) is 9.98. The topological polar surface area (TPSA) is 26.5 Å². The minimum atomic E-state index is -1.29. The van der Waals surface area contributed by atoms with Crippen molar-refractivity contribution in [2.24, 2.45) is 4.99 Å². The van der Waals surface area contributed by atoms with E-state index in [2.05, 4.69) is 35.7 Å². The largest absolute Gasteiger partial charge is 3.00 e. The normalized spacial score (nSPS) is 10.3. The molecular weight excluding hydrogens is 339 g/mol. The van der Waals surface area contributed by atoms with Gasteiger partial charge in [0.05, 0.1) is 13.8 Å². The van der Waals surface area contributed by atoms with Gasteiger partial charge >= 0.3 is 26.2 Å². The summed E-state index contributed by atoms with van der Waals surface area (Å²) in [4.78, 5) is 9.01. The van der Waals surface area contributed by atoms with Crippen LogP contribution >= 0.6 is 0 Å². The quantitative estimate of drug-likeness (QED) is 0.463. The van der Waals surface area contributed by atoms with Crippen LogP contribution in [0.2, 0.25) is 19.6 Å². The predicted octanol–water partition coefficient (Wildman–Crippen LogP) is 3.84. The van der Waals surface area contributed by atoms with Crippen molar-refractivity contribution in [2.75, 3.05) is 0 Å². The molecule has 2 nitrogen and oxygen atoms in total. The van der Waals surface area contributed by atoms with Crippen LogP contribution < -0.4 is 10.3 Å². The van der Waals surface area contributed by atoms with Crippen molar-refractivity contribution in [1.82, 2.24) is 4.98 Å². The molecule has 0 unspecified atom stereocenters. The van der Waals surface area contributed by atoms with Crippen molar-refractivity contribution in [3.05, 3.63) is 63.0 Å². The molecule has 1 aromatic carbocycles. The molecule has 105 valence electrons. The molecule has 0 N–H and O–H groups in total. The zero-order valence-electron chi connectivity index (χ0n) is 13.0. The SMILES string of the molecule is C[Si](C)(C)c1ccc(C=Nc2ccccc2)[n-]1.[CH3-].[CH3-].[Zr+3]. The molecule has 2 rings (SSSR count). The van der Waals surface area contributed by atoms with Gasteiger partial charge in [-0.1, -0.05) is 50.0 Å². The van der Waals surface area contributed by atoms with Crippen LogP contribution in [-0.2, 0) is 26.2 Å². The first-order chi connectivity index (χ1) is 8.05. The van der Waals surface area contributed by atoms with Gasteiger partial charge in [0.1, 0.15) is 0 Å². The van der Waals surface area contributed by atoms with E-state index in [-0.39, 0.29) is 41.1 Å². The minimum absolute atomic E-state index is 0. The molecule has 0 saturated heterocycles. The third-order valence-corrected chi connectivity index (χ3v) is 4.35. The average Bonchev–Trinajstić information content (AvgIpc) is 2.76. The summed E-state index contributed by atoms with van der Waals surface area (Å²) in [5, 5.41) is 1.24. The molecule has 1 radical (unpaired) electrons. The molecule has 1 aromatic heterocycles. The van der Waals surface area contributed by atoms with Gasteiger partial charge in [-0.25, -0.2) is 0 Å². The summed E-state index contributed by atoms with van der Waals surface area (Å²) in [5.41, 5.74) is 1.91. The summed E-state index contributed by atoms with van der Waals surface area (Å²) < 4.78 is 0. The Morgan fingerprint density at radius 1 is 0.950 bits per heavy atom. The van der Waals surface area contributed by atoms with Gasteiger partial charge in [-0.05, 0) is 12.1 Å². The molecular formula is C16H23N2SiZr. The van der Waals surface area contributed by atoms with Crippen LogP contribution in [-0.4, -0.2) is 14.3 Å². The predicted molar refractivity (Wildman–Crippen MR) is 89.3 cm³/mol. The van der Waals surface area contributed by atoms with E-state index in [1.54, 1.807) is 0 Å². The Hall–Kier alpha value is -0.730. The van der Waals surface area contributed by atoms with Gasteiger partial charge in [-0.15, -0.1) is 5.69 Å². The van der Waals surface area contributed by atoms with E-state index in [0.717, 1.165) is 11.4 Å². The first-order valence-electron chi connectivity index (χ1n) is 5.79. The van der Waals surface area contributed by atoms with Gasteiger partial charge in [0, 0.05) is 6.21 Å². The molecule has 4 heteroatoms. The zero-order chi connectivity index (χ0) is 12.3. The molecule has 0 saturated carbocycles. The van der Waals surface area contributed by atoms with Crippen molar-refractivity contribution in [1.29, 1.82) is 0 Å². The van der Waals surface area contributed by atoms with Gasteiger partial charge in [-0.2, -0.15) is 5.32 Å². The van der Waals surface area contributed by atoms with Crippen LogP contribution in [0.4, 0.5) is 5.69 Å². The van der Waals surface area contributed by atoms with Gasteiger partial charge in [0.2, 0.25) is 0 Å². The maximum atomic E-state index is 4.61. The Morgan fingerprint density at radius 3 is 2.05 bits per heavy atom. The van der Waals surface area contributed by atoms with Crippen LogP contribution in [0.25, 0.3) is 0 Å². The van der Waals surface area contributed by atoms with E-state index in [0.29, 0.717) is 0 Å². The van der Waals surface area contributed by atoms with E-state index in [9.17, 15) is 0 Å². The van der Waals surface area contributed by atoms with Gasteiger partial charge in [0.15, 0.2) is 0 Å². The fraction of sp³-hybridized carbons (Fsp3) is 0.188. The number of nitrogens with zero attached hydrogens (tertiary/aromatic N) is 2. The second kappa shape index (κ2) is 9.25. The fourth-order valence-corrected chi connectivity index (χ4v) is 2.57. The molecule has 2 aromatic rings. The van der Waals surface area contributed by atoms with E-state index in [1.165, 1.54) is 5.32 Å². The number of aliphatic imine (C=N–C) groups is 1. The van der Waals surface area contributed by atoms with Crippen molar-refractivity contribution in [3.63, 3.8) is 0 Å². The van der Waals surface area contributed by atoms with Crippen molar-refractivity contribution in [3.8, 4) is 0 Å². The third kappa shape index (κ3) is 6.15. The molecule has 0 fully saturated rings. The van der Waals surface area contributed by atoms with Crippen LogP contribution in [0.15, 0.2) is 47.5 Å². The molecule has 0 atom stereocenters. The summed E-state index contributed by atoms with van der Waals surface area (Å²) in [5.74, 6) is 0. The summed E-state index contributed by atoms with van der Waals surface area (Å²) in [6.07, 6.45) is 1.83. The Labute approximate surface area is 143 Å². The third-order valence-electron chi connectivity index (χ3n) is 2.53. The summed E-state index contributed by atoms with van der Waals surface area (Å²) in [7, 11) is -1.29. The van der Waals surface area contributed by atoms with Crippen molar-refractivity contribution < 1.29 is 26.2 Å². The van der Waals surface area contributed by atoms with E-state index in [4.69, 9.17) is 0 Å². The van der Waals surface area contributed by atoms with E-state index in [1.807, 2.05) is 42.6 Å². The molecule has 0 spiro atoms. The molecule has 0 amide bonds. The first-order valence-corrected chi connectivity index (χ1v) is 9.29. The summed E-state index contributed by atoms with van der Waals surface area (Å²) in [6, 6.07) is 14.1. The number of aromatic nitrogens is 1.